The summed E-state index contributed by atoms with van der Waals surface area (Å²) in [4.78, 5) is 27.2. The van der Waals surface area contributed by atoms with Crippen LogP contribution in [-0.4, -0.2) is 72.2 Å². The van der Waals surface area contributed by atoms with Gasteiger partial charge in [0.25, 0.3) is 0 Å². The van der Waals surface area contributed by atoms with Gasteiger partial charge in [0, 0.05) is 26.6 Å². The molecule has 0 radical (unpaired) electrons. The molecule has 2 aliphatic rings. The Kier molecular flexibility index (Phi) is 4.76. The molecule has 6 heteroatoms. The Balaban J connectivity index is 1.93. The van der Waals surface area contributed by atoms with Crippen LogP contribution in [0.25, 0.3) is 0 Å². The van der Waals surface area contributed by atoms with Crippen LogP contribution in [0, 0.1) is 0 Å². The molecule has 1 N–H and O–H groups in total. The van der Waals surface area contributed by atoms with Crippen molar-refractivity contribution < 1.29 is 19.4 Å². The van der Waals surface area contributed by atoms with Crippen LogP contribution in [0.1, 0.15) is 25.7 Å². The summed E-state index contributed by atoms with van der Waals surface area (Å²) in [5, 5.41) is 9.33. The van der Waals surface area contributed by atoms with E-state index in [1.165, 1.54) is 0 Å². The van der Waals surface area contributed by atoms with E-state index in [0.29, 0.717) is 25.9 Å². The van der Waals surface area contributed by atoms with Gasteiger partial charge < -0.3 is 19.6 Å². The molecule has 19 heavy (non-hydrogen) atoms. The first-order chi connectivity index (χ1) is 9.15. The molecule has 0 saturated carbocycles. The highest BCUT2D eigenvalue weighted by molar-refractivity contribution is 5.85. The highest BCUT2D eigenvalue weighted by Crippen LogP contribution is 2.20. The lowest BCUT2D eigenvalue weighted by Crippen LogP contribution is -2.47. The smallest absolute Gasteiger partial charge is 0.242 e. The molecule has 2 rings (SSSR count). The third-order valence-electron chi connectivity index (χ3n) is 3.99. The fourth-order valence-electron chi connectivity index (χ4n) is 2.81. The maximum Gasteiger partial charge on any atom is 0.242 e. The summed E-state index contributed by atoms with van der Waals surface area (Å²) in [6.45, 7) is 1.24. The number of rotatable bonds is 4. The fraction of sp³-hybridized carbons (Fsp3) is 0.846. The number of aliphatic hydroxyl groups is 1. The number of carbonyl (C=O) groups is 2. The molecule has 0 bridgehead atoms. The normalized spacial score (nSPS) is 28.0. The molecule has 0 unspecified atom stereocenters. The van der Waals surface area contributed by atoms with E-state index in [1.807, 2.05) is 0 Å². The zero-order valence-corrected chi connectivity index (χ0v) is 11.4. The lowest BCUT2D eigenvalue weighted by Gasteiger charge is -2.30. The minimum absolute atomic E-state index is 0.0156. The van der Waals surface area contributed by atoms with Crippen LogP contribution in [0.15, 0.2) is 0 Å². The Labute approximate surface area is 113 Å². The van der Waals surface area contributed by atoms with Gasteiger partial charge in [-0.3, -0.25) is 9.59 Å². The van der Waals surface area contributed by atoms with Crippen LogP contribution in [-0.2, 0) is 14.3 Å². The third kappa shape index (κ3) is 3.25. The van der Waals surface area contributed by atoms with Gasteiger partial charge in [0.1, 0.15) is 0 Å². The average molecular weight is 270 g/mol. The molecular formula is C13H22N2O4. The van der Waals surface area contributed by atoms with E-state index in [2.05, 4.69) is 0 Å². The van der Waals surface area contributed by atoms with Crippen LogP contribution in [0.3, 0.4) is 0 Å². The van der Waals surface area contributed by atoms with Gasteiger partial charge in [-0.15, -0.1) is 0 Å². The first-order valence-electron chi connectivity index (χ1n) is 6.86. The van der Waals surface area contributed by atoms with Gasteiger partial charge in [-0.05, 0) is 19.3 Å². The number of hydrogen-bond acceptors (Lipinski definition) is 4. The number of piperidine rings is 1. The highest BCUT2D eigenvalue weighted by Gasteiger charge is 2.35. The average Bonchev–Trinajstić information content (AvgIpc) is 2.84. The summed E-state index contributed by atoms with van der Waals surface area (Å²) in [6.07, 6.45) is 3.06. The lowest BCUT2D eigenvalue weighted by molar-refractivity contribution is -0.142. The molecule has 6 nitrogen and oxygen atoms in total. The summed E-state index contributed by atoms with van der Waals surface area (Å²) in [5.41, 5.74) is 0. The molecule has 2 saturated heterocycles. The summed E-state index contributed by atoms with van der Waals surface area (Å²) < 4.78 is 5.25. The van der Waals surface area contributed by atoms with Crippen LogP contribution < -0.4 is 0 Å². The predicted molar refractivity (Wildman–Crippen MR) is 68.4 cm³/mol. The molecule has 2 aliphatic heterocycles. The van der Waals surface area contributed by atoms with Gasteiger partial charge >= 0.3 is 0 Å². The van der Waals surface area contributed by atoms with Gasteiger partial charge in [-0.1, -0.05) is 0 Å². The van der Waals surface area contributed by atoms with Crippen molar-refractivity contribution in [3.05, 3.63) is 0 Å². The Morgan fingerprint density at radius 1 is 1.47 bits per heavy atom. The largest absolute Gasteiger partial charge is 0.394 e. The summed E-state index contributed by atoms with van der Waals surface area (Å²) in [6, 6.07) is -0.183. The van der Waals surface area contributed by atoms with Crippen LogP contribution in [0.2, 0.25) is 0 Å². The predicted octanol–water partition coefficient (Wildman–Crippen LogP) is -0.393. The number of carbonyl (C=O) groups excluding carboxylic acids is 2. The number of methoxy groups -OCH3 is 1. The van der Waals surface area contributed by atoms with Crippen LogP contribution in [0.5, 0.6) is 0 Å². The van der Waals surface area contributed by atoms with Crippen molar-refractivity contribution in [3.8, 4) is 0 Å². The molecule has 0 aromatic rings. The zero-order valence-electron chi connectivity index (χ0n) is 11.4. The molecule has 2 amide bonds. The van der Waals surface area contributed by atoms with E-state index in [1.54, 1.807) is 16.9 Å². The minimum atomic E-state index is -0.183. The maximum atomic E-state index is 12.3. The number of hydrogen-bond donors (Lipinski definition) is 1. The van der Waals surface area contributed by atoms with Crippen molar-refractivity contribution in [2.24, 2.45) is 0 Å². The van der Waals surface area contributed by atoms with Crippen LogP contribution in [0.4, 0.5) is 0 Å². The molecule has 2 fully saturated rings. The Morgan fingerprint density at radius 2 is 2.26 bits per heavy atom. The van der Waals surface area contributed by atoms with Crippen molar-refractivity contribution in [2.45, 2.75) is 37.8 Å². The van der Waals surface area contributed by atoms with Crippen molar-refractivity contribution in [1.82, 2.24) is 9.80 Å². The van der Waals surface area contributed by atoms with Crippen molar-refractivity contribution in [3.63, 3.8) is 0 Å². The van der Waals surface area contributed by atoms with Gasteiger partial charge in [-0.25, -0.2) is 0 Å². The maximum absolute atomic E-state index is 12.3. The summed E-state index contributed by atoms with van der Waals surface area (Å²) in [7, 11) is 1.61. The van der Waals surface area contributed by atoms with E-state index < -0.39 is 0 Å². The minimum Gasteiger partial charge on any atom is -0.394 e. The van der Waals surface area contributed by atoms with E-state index in [-0.39, 0.29) is 37.1 Å². The number of amides is 2. The second-order valence-electron chi connectivity index (χ2n) is 5.25. The van der Waals surface area contributed by atoms with Crippen molar-refractivity contribution >= 4 is 11.8 Å². The SMILES string of the molecule is CO[C@@H]1C[C@@H](CO)N(C(=O)CN2CCCCC2=O)C1. The topological polar surface area (TPSA) is 70.1 Å². The second-order valence-corrected chi connectivity index (χ2v) is 5.25. The highest BCUT2D eigenvalue weighted by atomic mass is 16.5. The standard InChI is InChI=1S/C13H22N2O4/c1-19-11-6-10(9-16)15(7-11)13(18)8-14-5-3-2-4-12(14)17/h10-11,16H,2-9H2,1H3/t10-,11+/m0/s1. The number of ether oxygens (including phenoxy) is 1. The summed E-state index contributed by atoms with van der Waals surface area (Å²) >= 11 is 0. The van der Waals surface area contributed by atoms with Crippen molar-refractivity contribution in [2.75, 3.05) is 33.4 Å². The van der Waals surface area contributed by atoms with E-state index >= 15 is 0 Å². The van der Waals surface area contributed by atoms with E-state index in [9.17, 15) is 14.7 Å². The van der Waals surface area contributed by atoms with E-state index in [0.717, 1.165) is 12.8 Å². The molecule has 0 aromatic heterocycles. The third-order valence-corrected chi connectivity index (χ3v) is 3.99. The molecule has 0 spiro atoms. The monoisotopic (exact) mass is 270 g/mol. The molecule has 108 valence electrons. The summed E-state index contributed by atoms with van der Waals surface area (Å²) in [5.74, 6) is -0.0310. The van der Waals surface area contributed by atoms with Gasteiger partial charge in [0.05, 0.1) is 25.3 Å². The Bertz CT molecular complexity index is 348. The Hall–Kier alpha value is -1.14. The Morgan fingerprint density at radius 3 is 2.89 bits per heavy atom. The zero-order chi connectivity index (χ0) is 13.8. The first-order valence-corrected chi connectivity index (χ1v) is 6.86. The molecular weight excluding hydrogens is 248 g/mol. The van der Waals surface area contributed by atoms with Gasteiger partial charge in [0.2, 0.25) is 11.8 Å². The number of nitrogens with zero attached hydrogens (tertiary/aromatic N) is 2. The second kappa shape index (κ2) is 6.34. The molecule has 2 heterocycles. The van der Waals surface area contributed by atoms with Crippen LogP contribution >= 0.6 is 0 Å². The number of likely N-dealkylation sites (tertiary alicyclic amines) is 2. The first kappa shape index (κ1) is 14.3. The fourth-order valence-corrected chi connectivity index (χ4v) is 2.81. The van der Waals surface area contributed by atoms with Gasteiger partial charge in [0.15, 0.2) is 0 Å². The van der Waals surface area contributed by atoms with E-state index in [4.69, 9.17) is 4.74 Å². The quantitative estimate of drug-likeness (QED) is 0.755. The number of aliphatic hydroxyl groups excluding tert-OH is 1. The molecule has 0 aliphatic carbocycles. The molecule has 0 aromatic carbocycles. The van der Waals surface area contributed by atoms with Gasteiger partial charge in [-0.2, -0.15) is 0 Å². The molecule has 2 atom stereocenters. The lowest BCUT2D eigenvalue weighted by atomic mass is 10.1. The van der Waals surface area contributed by atoms with Crippen molar-refractivity contribution in [1.29, 1.82) is 0 Å².